The molecule has 1 aromatic rings. The first kappa shape index (κ1) is 11.7. The first-order valence-electron chi connectivity index (χ1n) is 5.83. The van der Waals surface area contributed by atoms with E-state index < -0.39 is 0 Å². The standard InChI is InChI=1S/C12H19N3S/c1-13-10-11-4-2-5-14-12(11)15-6-3-8-16-9-7-15/h2,4-5,13H,3,6-10H2,1H3. The molecule has 0 spiro atoms. The third-order valence-electron chi connectivity index (χ3n) is 2.76. The van der Waals surface area contributed by atoms with Crippen molar-refractivity contribution in [3.8, 4) is 0 Å². The van der Waals surface area contributed by atoms with Crippen molar-refractivity contribution in [1.29, 1.82) is 0 Å². The van der Waals surface area contributed by atoms with Gasteiger partial charge in [-0.05, 0) is 25.3 Å². The Hall–Kier alpha value is -0.740. The van der Waals surface area contributed by atoms with Gasteiger partial charge in [0.05, 0.1) is 0 Å². The summed E-state index contributed by atoms with van der Waals surface area (Å²) in [5.41, 5.74) is 1.30. The van der Waals surface area contributed by atoms with Gasteiger partial charge in [0, 0.05) is 37.1 Å². The Bertz CT molecular complexity index is 322. The molecule has 3 nitrogen and oxygen atoms in total. The van der Waals surface area contributed by atoms with Gasteiger partial charge in [-0.1, -0.05) is 6.07 Å². The molecule has 1 fully saturated rings. The third-order valence-corrected chi connectivity index (χ3v) is 3.81. The Labute approximate surface area is 102 Å². The van der Waals surface area contributed by atoms with Crippen LogP contribution in [0.15, 0.2) is 18.3 Å². The van der Waals surface area contributed by atoms with Crippen LogP contribution in [0.5, 0.6) is 0 Å². The summed E-state index contributed by atoms with van der Waals surface area (Å²) in [6, 6.07) is 4.18. The minimum Gasteiger partial charge on any atom is -0.355 e. The average Bonchev–Trinajstić information content (AvgIpc) is 2.59. The van der Waals surface area contributed by atoms with Gasteiger partial charge in [-0.3, -0.25) is 0 Å². The molecule has 0 saturated carbocycles. The predicted octanol–water partition coefficient (Wildman–Crippen LogP) is 1.74. The Morgan fingerprint density at radius 2 is 2.38 bits per heavy atom. The van der Waals surface area contributed by atoms with Crippen molar-refractivity contribution in [1.82, 2.24) is 10.3 Å². The second-order valence-corrected chi connectivity index (χ2v) is 5.19. The van der Waals surface area contributed by atoms with Crippen LogP contribution >= 0.6 is 11.8 Å². The molecular formula is C12H19N3S. The van der Waals surface area contributed by atoms with Crippen LogP contribution in [0, 0.1) is 0 Å². The molecule has 2 rings (SSSR count). The molecule has 1 aromatic heterocycles. The quantitative estimate of drug-likeness (QED) is 0.867. The van der Waals surface area contributed by atoms with Crippen molar-refractivity contribution in [2.45, 2.75) is 13.0 Å². The van der Waals surface area contributed by atoms with Crippen LogP contribution in [0.2, 0.25) is 0 Å². The molecule has 0 unspecified atom stereocenters. The highest BCUT2D eigenvalue weighted by molar-refractivity contribution is 7.99. The van der Waals surface area contributed by atoms with Crippen molar-refractivity contribution >= 4 is 17.6 Å². The number of nitrogens with zero attached hydrogens (tertiary/aromatic N) is 2. The molecule has 1 N–H and O–H groups in total. The molecule has 1 aliphatic rings. The molecule has 1 aliphatic heterocycles. The number of aromatic nitrogens is 1. The minimum absolute atomic E-state index is 0.896. The second kappa shape index (κ2) is 6.11. The Morgan fingerprint density at radius 3 is 3.25 bits per heavy atom. The van der Waals surface area contributed by atoms with Gasteiger partial charge < -0.3 is 10.2 Å². The van der Waals surface area contributed by atoms with Crippen molar-refractivity contribution in [2.24, 2.45) is 0 Å². The summed E-state index contributed by atoms with van der Waals surface area (Å²) in [7, 11) is 1.98. The van der Waals surface area contributed by atoms with Crippen LogP contribution < -0.4 is 10.2 Å². The van der Waals surface area contributed by atoms with E-state index in [4.69, 9.17) is 0 Å². The largest absolute Gasteiger partial charge is 0.355 e. The van der Waals surface area contributed by atoms with E-state index in [1.54, 1.807) is 0 Å². The van der Waals surface area contributed by atoms with E-state index in [9.17, 15) is 0 Å². The van der Waals surface area contributed by atoms with Gasteiger partial charge >= 0.3 is 0 Å². The van der Waals surface area contributed by atoms with Gasteiger partial charge in [0.25, 0.3) is 0 Å². The topological polar surface area (TPSA) is 28.2 Å². The fourth-order valence-electron chi connectivity index (χ4n) is 2.00. The highest BCUT2D eigenvalue weighted by Gasteiger charge is 2.13. The molecule has 2 heterocycles. The number of thioether (sulfide) groups is 1. The molecule has 0 aliphatic carbocycles. The monoisotopic (exact) mass is 237 g/mol. The lowest BCUT2D eigenvalue weighted by Crippen LogP contribution is -2.28. The van der Waals surface area contributed by atoms with Crippen molar-refractivity contribution in [3.63, 3.8) is 0 Å². The van der Waals surface area contributed by atoms with Crippen LogP contribution in [-0.4, -0.2) is 36.6 Å². The summed E-state index contributed by atoms with van der Waals surface area (Å²) in [6.45, 7) is 3.16. The van der Waals surface area contributed by atoms with Crippen LogP contribution in [0.25, 0.3) is 0 Å². The number of hydrogen-bond donors (Lipinski definition) is 1. The van der Waals surface area contributed by atoms with E-state index in [1.807, 2.05) is 31.1 Å². The molecule has 0 bridgehead atoms. The molecule has 0 aromatic carbocycles. The van der Waals surface area contributed by atoms with Gasteiger partial charge in [-0.2, -0.15) is 11.8 Å². The van der Waals surface area contributed by atoms with Crippen molar-refractivity contribution in [3.05, 3.63) is 23.9 Å². The van der Waals surface area contributed by atoms with Crippen LogP contribution in [0.3, 0.4) is 0 Å². The number of anilines is 1. The van der Waals surface area contributed by atoms with E-state index >= 15 is 0 Å². The smallest absolute Gasteiger partial charge is 0.133 e. The van der Waals surface area contributed by atoms with Gasteiger partial charge in [-0.25, -0.2) is 4.98 Å². The average molecular weight is 237 g/mol. The number of pyridine rings is 1. The summed E-state index contributed by atoms with van der Waals surface area (Å²) in [5.74, 6) is 3.67. The number of nitrogens with one attached hydrogen (secondary N) is 1. The molecule has 4 heteroatoms. The van der Waals surface area contributed by atoms with Crippen LogP contribution in [0.1, 0.15) is 12.0 Å². The van der Waals surface area contributed by atoms with E-state index in [0.717, 1.165) is 19.6 Å². The van der Waals surface area contributed by atoms with E-state index in [1.165, 1.54) is 29.3 Å². The fourth-order valence-corrected chi connectivity index (χ4v) is 2.89. The maximum atomic E-state index is 4.54. The summed E-state index contributed by atoms with van der Waals surface area (Å²) >= 11 is 2.05. The van der Waals surface area contributed by atoms with E-state index in [2.05, 4.69) is 21.3 Å². The molecule has 1 saturated heterocycles. The number of hydrogen-bond acceptors (Lipinski definition) is 4. The first-order chi connectivity index (χ1) is 7.92. The Morgan fingerprint density at radius 1 is 1.44 bits per heavy atom. The van der Waals surface area contributed by atoms with Gasteiger partial charge in [0.15, 0.2) is 0 Å². The van der Waals surface area contributed by atoms with Crippen LogP contribution in [0.4, 0.5) is 5.82 Å². The SMILES string of the molecule is CNCc1cccnc1N1CCCSCC1. The summed E-state index contributed by atoms with van der Waals surface area (Å²) in [4.78, 5) is 6.96. The van der Waals surface area contributed by atoms with Gasteiger partial charge in [0.2, 0.25) is 0 Å². The molecule has 0 atom stereocenters. The predicted molar refractivity (Wildman–Crippen MR) is 71.2 cm³/mol. The van der Waals surface area contributed by atoms with Gasteiger partial charge in [-0.15, -0.1) is 0 Å². The zero-order valence-electron chi connectivity index (χ0n) is 9.78. The molecule has 16 heavy (non-hydrogen) atoms. The molecular weight excluding hydrogens is 218 g/mol. The van der Waals surface area contributed by atoms with E-state index in [0.29, 0.717) is 0 Å². The Kier molecular flexibility index (Phi) is 4.48. The zero-order valence-corrected chi connectivity index (χ0v) is 10.6. The summed E-state index contributed by atoms with van der Waals surface area (Å²) in [5, 5.41) is 3.21. The highest BCUT2D eigenvalue weighted by Crippen LogP contribution is 2.20. The highest BCUT2D eigenvalue weighted by atomic mass is 32.2. The minimum atomic E-state index is 0.896. The fraction of sp³-hybridized carbons (Fsp3) is 0.583. The molecule has 0 amide bonds. The van der Waals surface area contributed by atoms with Crippen molar-refractivity contribution < 1.29 is 0 Å². The maximum absolute atomic E-state index is 4.54. The number of rotatable bonds is 3. The normalized spacial score (nSPS) is 17.2. The van der Waals surface area contributed by atoms with Crippen LogP contribution in [-0.2, 0) is 6.54 Å². The molecule has 88 valence electrons. The Balaban J connectivity index is 2.16. The second-order valence-electron chi connectivity index (χ2n) is 3.97. The third kappa shape index (κ3) is 2.89. The molecule has 0 radical (unpaired) electrons. The lowest BCUT2D eigenvalue weighted by molar-refractivity contribution is 0.766. The van der Waals surface area contributed by atoms with E-state index in [-0.39, 0.29) is 0 Å². The first-order valence-corrected chi connectivity index (χ1v) is 6.98. The lowest BCUT2D eigenvalue weighted by Gasteiger charge is -2.23. The maximum Gasteiger partial charge on any atom is 0.133 e. The summed E-state index contributed by atoms with van der Waals surface area (Å²) in [6.07, 6.45) is 3.16. The van der Waals surface area contributed by atoms with Crippen molar-refractivity contribution in [2.75, 3.05) is 36.5 Å². The van der Waals surface area contributed by atoms with Gasteiger partial charge in [0.1, 0.15) is 5.82 Å². The zero-order chi connectivity index (χ0) is 11.2. The lowest BCUT2D eigenvalue weighted by atomic mass is 10.2. The summed E-state index contributed by atoms with van der Waals surface area (Å²) < 4.78 is 0.